The van der Waals surface area contributed by atoms with E-state index in [1.807, 2.05) is 14.1 Å². The number of hydrogen-bond donors (Lipinski definition) is 2. The van der Waals surface area contributed by atoms with Crippen molar-refractivity contribution in [3.63, 3.8) is 0 Å². The number of aryl methyl sites for hydroxylation is 1. The van der Waals surface area contributed by atoms with Gasteiger partial charge in [-0.3, -0.25) is 9.89 Å². The fourth-order valence-corrected chi connectivity index (χ4v) is 5.91. The van der Waals surface area contributed by atoms with E-state index in [2.05, 4.69) is 26.5 Å². The van der Waals surface area contributed by atoms with Crippen molar-refractivity contribution in [1.29, 1.82) is 0 Å². The van der Waals surface area contributed by atoms with Gasteiger partial charge in [0.15, 0.2) is 5.82 Å². The Morgan fingerprint density at radius 1 is 1.16 bits per heavy atom. The monoisotopic (exact) mass is 421 g/mol. The van der Waals surface area contributed by atoms with Crippen molar-refractivity contribution >= 4 is 23.5 Å². The summed E-state index contributed by atoms with van der Waals surface area (Å²) in [6.07, 6.45) is 8.92. The van der Waals surface area contributed by atoms with Gasteiger partial charge in [0, 0.05) is 43.9 Å². The molecular weight excluding hydrogens is 390 g/mol. The van der Waals surface area contributed by atoms with Crippen molar-refractivity contribution in [2.45, 2.75) is 63.3 Å². The van der Waals surface area contributed by atoms with Crippen molar-refractivity contribution in [1.82, 2.24) is 25.1 Å². The Balaban J connectivity index is 1.27. The van der Waals surface area contributed by atoms with Crippen molar-refractivity contribution in [3.8, 4) is 0 Å². The molecule has 3 atom stereocenters. The number of likely N-dealkylation sites (N-methyl/N-ethyl adjacent to an activating group) is 1. The number of amides is 1. The minimum Gasteiger partial charge on any atom is -0.347 e. The molecule has 8 nitrogen and oxygen atoms in total. The molecular formula is C23H31N7O. The number of H-pyrrole nitrogens is 1. The summed E-state index contributed by atoms with van der Waals surface area (Å²) in [5.74, 6) is 5.02. The number of rotatable bonds is 5. The standard InChI is InChI=1S/C23H31N7O/c1-29(2)22(31)19-7-4-8-30(19)23-24-17-6-3-5-16(17)21(26-23)25-20-12-18(27-28-20)15-10-13-9-14(13)11-15/h12-15,19H,3-11H2,1-2H3,(H2,24,25,26,27,28)/t13?,14?,15?,19-/m0/s1. The highest BCUT2D eigenvalue weighted by Crippen LogP contribution is 2.57. The van der Waals surface area contributed by atoms with Gasteiger partial charge in [0.05, 0.1) is 5.69 Å². The number of anilines is 3. The number of nitrogens with one attached hydrogen (secondary N) is 2. The topological polar surface area (TPSA) is 90.0 Å². The second-order valence-electron chi connectivity index (χ2n) is 9.99. The third-order valence-electron chi connectivity index (χ3n) is 7.68. The first-order valence-electron chi connectivity index (χ1n) is 11.8. The number of carbonyl (C=O) groups is 1. The Morgan fingerprint density at radius 2 is 2.00 bits per heavy atom. The van der Waals surface area contributed by atoms with Gasteiger partial charge in [-0.15, -0.1) is 0 Å². The number of carbonyl (C=O) groups excluding carboxylic acids is 1. The summed E-state index contributed by atoms with van der Waals surface area (Å²) in [5, 5.41) is 11.3. The van der Waals surface area contributed by atoms with Crippen LogP contribution in [-0.2, 0) is 17.6 Å². The van der Waals surface area contributed by atoms with E-state index in [-0.39, 0.29) is 11.9 Å². The quantitative estimate of drug-likeness (QED) is 0.771. The van der Waals surface area contributed by atoms with Crippen LogP contribution in [0.25, 0.3) is 0 Å². The van der Waals surface area contributed by atoms with Crippen LogP contribution >= 0.6 is 0 Å². The SMILES string of the molecule is CN(C)C(=O)[C@@H]1CCCN1c1nc2c(c(Nc3cc(C4CC5CC5C4)[nH]n3)n1)CCC2. The maximum Gasteiger partial charge on any atom is 0.244 e. The zero-order valence-corrected chi connectivity index (χ0v) is 18.4. The summed E-state index contributed by atoms with van der Waals surface area (Å²) in [4.78, 5) is 26.3. The number of nitrogens with zero attached hydrogens (tertiary/aromatic N) is 5. The van der Waals surface area contributed by atoms with Gasteiger partial charge >= 0.3 is 0 Å². The van der Waals surface area contributed by atoms with Crippen molar-refractivity contribution in [2.75, 3.05) is 30.9 Å². The Labute approximate surface area is 182 Å². The molecule has 1 saturated heterocycles. The molecule has 2 N–H and O–H groups in total. The molecule has 0 radical (unpaired) electrons. The lowest BCUT2D eigenvalue weighted by molar-refractivity contribution is -0.129. The molecule has 8 heteroatoms. The molecule has 0 spiro atoms. The van der Waals surface area contributed by atoms with Crippen molar-refractivity contribution < 1.29 is 4.79 Å². The number of hydrogen-bond acceptors (Lipinski definition) is 6. The first kappa shape index (κ1) is 19.1. The predicted octanol–water partition coefficient (Wildman–Crippen LogP) is 3.00. The molecule has 0 bridgehead atoms. The summed E-state index contributed by atoms with van der Waals surface area (Å²) in [6, 6.07) is 1.99. The second-order valence-corrected chi connectivity index (χ2v) is 9.99. The smallest absolute Gasteiger partial charge is 0.244 e. The first-order chi connectivity index (χ1) is 15.1. The van der Waals surface area contributed by atoms with E-state index in [0.29, 0.717) is 11.9 Å². The molecule has 2 aromatic rings. The lowest BCUT2D eigenvalue weighted by atomic mass is 10.00. The molecule has 31 heavy (non-hydrogen) atoms. The van der Waals surface area contributed by atoms with Crippen molar-refractivity contribution in [3.05, 3.63) is 23.0 Å². The maximum atomic E-state index is 12.7. The van der Waals surface area contributed by atoms with Gasteiger partial charge in [-0.2, -0.15) is 10.1 Å². The summed E-state index contributed by atoms with van der Waals surface area (Å²) in [6.45, 7) is 0.818. The molecule has 2 saturated carbocycles. The molecule has 3 heterocycles. The second kappa shape index (κ2) is 7.21. The van der Waals surface area contributed by atoms with E-state index >= 15 is 0 Å². The van der Waals surface area contributed by atoms with Crippen LogP contribution in [0.5, 0.6) is 0 Å². The first-order valence-corrected chi connectivity index (χ1v) is 11.8. The van der Waals surface area contributed by atoms with Crippen LogP contribution in [0.2, 0.25) is 0 Å². The Kier molecular flexibility index (Phi) is 4.43. The minimum atomic E-state index is -0.173. The van der Waals surface area contributed by atoms with Crippen LogP contribution in [0, 0.1) is 11.8 Å². The summed E-state index contributed by atoms with van der Waals surface area (Å²) >= 11 is 0. The third kappa shape index (κ3) is 3.36. The molecule has 1 amide bonds. The van der Waals surface area contributed by atoms with E-state index in [1.165, 1.54) is 30.5 Å². The Bertz CT molecular complexity index is 1010. The molecule has 1 aliphatic heterocycles. The van der Waals surface area contributed by atoms with Crippen LogP contribution in [0.4, 0.5) is 17.6 Å². The normalized spacial score (nSPS) is 28.5. The van der Waals surface area contributed by atoms with Gasteiger partial charge in [-0.1, -0.05) is 0 Å². The minimum absolute atomic E-state index is 0.127. The zero-order chi connectivity index (χ0) is 21.1. The highest BCUT2D eigenvalue weighted by Gasteiger charge is 2.46. The van der Waals surface area contributed by atoms with Gasteiger partial charge in [-0.25, -0.2) is 4.98 Å². The molecule has 0 aromatic carbocycles. The van der Waals surface area contributed by atoms with Gasteiger partial charge < -0.3 is 15.1 Å². The number of fused-ring (bicyclic) bond motifs is 2. The lowest BCUT2D eigenvalue weighted by Gasteiger charge is -2.27. The fourth-order valence-electron chi connectivity index (χ4n) is 5.91. The van der Waals surface area contributed by atoms with Gasteiger partial charge in [0.2, 0.25) is 11.9 Å². The largest absolute Gasteiger partial charge is 0.347 e. The molecule has 4 aliphatic rings. The maximum absolute atomic E-state index is 12.7. The van der Waals surface area contributed by atoms with Crippen LogP contribution in [0.3, 0.4) is 0 Å². The zero-order valence-electron chi connectivity index (χ0n) is 18.4. The number of aromatic nitrogens is 4. The molecule has 3 aliphatic carbocycles. The average molecular weight is 422 g/mol. The summed E-state index contributed by atoms with van der Waals surface area (Å²) in [7, 11) is 3.64. The molecule has 6 rings (SSSR count). The fraction of sp³-hybridized carbons (Fsp3) is 0.652. The molecule has 164 valence electrons. The summed E-state index contributed by atoms with van der Waals surface area (Å²) in [5.41, 5.74) is 3.56. The lowest BCUT2D eigenvalue weighted by Crippen LogP contribution is -2.43. The van der Waals surface area contributed by atoms with E-state index in [9.17, 15) is 4.79 Å². The number of aromatic amines is 1. The van der Waals surface area contributed by atoms with Crippen LogP contribution < -0.4 is 10.2 Å². The highest BCUT2D eigenvalue weighted by atomic mass is 16.2. The van der Waals surface area contributed by atoms with E-state index in [0.717, 1.165) is 67.8 Å². The van der Waals surface area contributed by atoms with Gasteiger partial charge in [0.1, 0.15) is 11.9 Å². The summed E-state index contributed by atoms with van der Waals surface area (Å²) < 4.78 is 0. The van der Waals surface area contributed by atoms with Gasteiger partial charge in [-0.05, 0) is 63.2 Å². The van der Waals surface area contributed by atoms with Crippen molar-refractivity contribution in [2.24, 2.45) is 11.8 Å². The Morgan fingerprint density at radius 3 is 2.81 bits per heavy atom. The Hall–Kier alpha value is -2.64. The van der Waals surface area contributed by atoms with Crippen LogP contribution in [-0.4, -0.2) is 57.7 Å². The average Bonchev–Trinajstić information content (AvgIpc) is 3.32. The van der Waals surface area contributed by atoms with E-state index in [1.54, 1.807) is 4.90 Å². The predicted molar refractivity (Wildman–Crippen MR) is 119 cm³/mol. The van der Waals surface area contributed by atoms with E-state index < -0.39 is 0 Å². The highest BCUT2D eigenvalue weighted by molar-refractivity contribution is 5.85. The third-order valence-corrected chi connectivity index (χ3v) is 7.68. The van der Waals surface area contributed by atoms with Crippen LogP contribution in [0.15, 0.2) is 6.07 Å². The molecule has 2 aromatic heterocycles. The molecule has 3 fully saturated rings. The molecule has 2 unspecified atom stereocenters. The van der Waals surface area contributed by atoms with E-state index in [4.69, 9.17) is 9.97 Å². The van der Waals surface area contributed by atoms with Crippen LogP contribution in [0.1, 0.15) is 61.4 Å². The van der Waals surface area contributed by atoms with Gasteiger partial charge in [0.25, 0.3) is 0 Å².